The molecule has 1 fully saturated rings. The number of nitrogens with one attached hydrogen (secondary N) is 3. The van der Waals surface area contributed by atoms with Crippen LogP contribution < -0.4 is 25.4 Å². The Balaban J connectivity index is 1.22. The van der Waals surface area contributed by atoms with Gasteiger partial charge >= 0.3 is 6.03 Å². The third-order valence-corrected chi connectivity index (χ3v) is 7.42. The van der Waals surface area contributed by atoms with Gasteiger partial charge in [-0.25, -0.2) is 9.78 Å². The van der Waals surface area contributed by atoms with E-state index in [1.165, 1.54) is 5.56 Å². The van der Waals surface area contributed by atoms with Crippen molar-refractivity contribution in [1.29, 1.82) is 0 Å². The lowest BCUT2D eigenvalue weighted by molar-refractivity contribution is 0.112. The number of aromatic nitrogens is 2. The molecule has 2 aromatic carbocycles. The third kappa shape index (κ3) is 7.85. The van der Waals surface area contributed by atoms with E-state index in [0.29, 0.717) is 28.9 Å². The van der Waals surface area contributed by atoms with Gasteiger partial charge in [-0.2, -0.15) is 0 Å². The molecule has 5 rings (SSSR count). The normalized spacial score (nSPS) is 14.5. The van der Waals surface area contributed by atoms with Crippen LogP contribution in [0.3, 0.4) is 0 Å². The molecule has 1 unspecified atom stereocenters. The molecular weight excluding hydrogens is 526 g/mol. The van der Waals surface area contributed by atoms with Gasteiger partial charge in [0.25, 0.3) is 0 Å². The van der Waals surface area contributed by atoms with Crippen molar-refractivity contribution in [2.75, 3.05) is 23.7 Å². The molecule has 0 radical (unpaired) electrons. The molecular formula is C34H39N5O3. The average Bonchev–Trinajstić information content (AvgIpc) is 2.99. The molecule has 1 saturated heterocycles. The zero-order valence-corrected chi connectivity index (χ0v) is 24.5. The predicted octanol–water partition coefficient (Wildman–Crippen LogP) is 7.20. The Hall–Kier alpha value is -4.43. The van der Waals surface area contributed by atoms with Crippen molar-refractivity contribution in [3.8, 4) is 17.4 Å². The first-order valence-electron chi connectivity index (χ1n) is 14.5. The minimum Gasteiger partial charge on any atom is -0.490 e. The first-order valence-corrected chi connectivity index (χ1v) is 14.5. The van der Waals surface area contributed by atoms with Gasteiger partial charge in [0.05, 0.1) is 0 Å². The largest absolute Gasteiger partial charge is 0.490 e. The van der Waals surface area contributed by atoms with E-state index in [0.717, 1.165) is 43.7 Å². The fraction of sp³-hybridized carbons (Fsp3) is 0.324. The highest BCUT2D eigenvalue weighted by Crippen LogP contribution is 2.35. The maximum Gasteiger partial charge on any atom is 0.323 e. The number of para-hydroxylation sites is 1. The van der Waals surface area contributed by atoms with Gasteiger partial charge in [0, 0.05) is 36.3 Å². The van der Waals surface area contributed by atoms with Crippen LogP contribution >= 0.6 is 0 Å². The minimum absolute atomic E-state index is 0.0593. The summed E-state index contributed by atoms with van der Waals surface area (Å²) in [5.41, 5.74) is 3.27. The summed E-state index contributed by atoms with van der Waals surface area (Å²) < 4.78 is 12.7. The molecule has 8 nitrogen and oxygen atoms in total. The Morgan fingerprint density at radius 3 is 2.40 bits per heavy atom. The van der Waals surface area contributed by atoms with E-state index in [2.05, 4.69) is 46.7 Å². The zero-order chi connectivity index (χ0) is 29.4. The predicted molar refractivity (Wildman–Crippen MR) is 166 cm³/mol. The summed E-state index contributed by atoms with van der Waals surface area (Å²) >= 11 is 0. The third-order valence-electron chi connectivity index (χ3n) is 7.42. The summed E-state index contributed by atoms with van der Waals surface area (Å²) in [7, 11) is 0. The Morgan fingerprint density at radius 2 is 1.67 bits per heavy atom. The number of urea groups is 1. The van der Waals surface area contributed by atoms with E-state index in [9.17, 15) is 4.79 Å². The molecule has 2 amide bonds. The number of rotatable bonds is 9. The standard InChI is InChI=1S/C34H39N5O3/c1-34(2,3)28-7-4-5-9-30(28)42-32-29(8-6-18-37-32)39-33(40)38-26-10-12-27(13-11-26)41-31(25-16-21-36-22-17-25)23-24-14-19-35-20-15-24/h4-15,18-20,25,31,36H,16-17,21-23H2,1-3H3,(H2,38,39,40). The second-order valence-corrected chi connectivity index (χ2v) is 11.6. The van der Waals surface area contributed by atoms with Crippen molar-refractivity contribution >= 4 is 17.4 Å². The molecule has 3 N–H and O–H groups in total. The highest BCUT2D eigenvalue weighted by molar-refractivity contribution is 6.00. The van der Waals surface area contributed by atoms with Gasteiger partial charge in [0.2, 0.25) is 5.88 Å². The quantitative estimate of drug-likeness (QED) is 0.199. The SMILES string of the molecule is CC(C)(C)c1ccccc1Oc1ncccc1NC(=O)Nc1ccc(OC(Cc2ccncc2)C2CCNCC2)cc1. The van der Waals surface area contributed by atoms with E-state index < -0.39 is 6.03 Å². The second kappa shape index (κ2) is 13.5. The molecule has 0 aliphatic carbocycles. The summed E-state index contributed by atoms with van der Waals surface area (Å²) in [6.45, 7) is 8.40. The van der Waals surface area contributed by atoms with Crippen LogP contribution in [-0.4, -0.2) is 35.2 Å². The molecule has 1 atom stereocenters. The molecule has 8 heteroatoms. The van der Waals surface area contributed by atoms with Gasteiger partial charge in [-0.3, -0.25) is 4.98 Å². The Kier molecular flexibility index (Phi) is 9.34. The lowest BCUT2D eigenvalue weighted by atomic mass is 9.86. The maximum absolute atomic E-state index is 12.9. The topological polar surface area (TPSA) is 97.4 Å². The molecule has 2 aromatic heterocycles. The second-order valence-electron chi connectivity index (χ2n) is 11.6. The Bertz CT molecular complexity index is 1450. The zero-order valence-electron chi connectivity index (χ0n) is 24.5. The number of carbonyl (C=O) groups is 1. The van der Waals surface area contributed by atoms with Crippen molar-refractivity contribution < 1.29 is 14.3 Å². The molecule has 3 heterocycles. The first-order chi connectivity index (χ1) is 20.3. The van der Waals surface area contributed by atoms with Crippen molar-refractivity contribution in [3.63, 3.8) is 0 Å². The summed E-state index contributed by atoms with van der Waals surface area (Å²) in [6.07, 6.45) is 8.34. The maximum atomic E-state index is 12.9. The molecule has 1 aliphatic heterocycles. The van der Waals surface area contributed by atoms with Crippen LogP contribution in [0.2, 0.25) is 0 Å². The average molecular weight is 566 g/mol. The van der Waals surface area contributed by atoms with Crippen molar-refractivity contribution in [1.82, 2.24) is 15.3 Å². The van der Waals surface area contributed by atoms with E-state index in [-0.39, 0.29) is 11.5 Å². The number of pyridine rings is 2. The molecule has 0 saturated carbocycles. The van der Waals surface area contributed by atoms with Crippen LogP contribution in [0.4, 0.5) is 16.2 Å². The molecule has 42 heavy (non-hydrogen) atoms. The fourth-order valence-corrected chi connectivity index (χ4v) is 5.19. The van der Waals surface area contributed by atoms with Crippen molar-refractivity contribution in [2.24, 2.45) is 5.92 Å². The molecule has 1 aliphatic rings. The van der Waals surface area contributed by atoms with E-state index in [1.54, 1.807) is 18.3 Å². The Labute approximate surface area is 247 Å². The molecule has 0 bridgehead atoms. The number of amides is 2. The monoisotopic (exact) mass is 565 g/mol. The van der Waals surface area contributed by atoms with Gasteiger partial charge in [0.1, 0.15) is 23.3 Å². The van der Waals surface area contributed by atoms with Crippen LogP contribution in [0.15, 0.2) is 91.4 Å². The number of hydrogen-bond donors (Lipinski definition) is 3. The number of piperidine rings is 1. The van der Waals surface area contributed by atoms with Crippen molar-refractivity contribution in [2.45, 2.75) is 51.6 Å². The van der Waals surface area contributed by atoms with Gasteiger partial charge in [-0.1, -0.05) is 39.0 Å². The highest BCUT2D eigenvalue weighted by atomic mass is 16.5. The lowest BCUT2D eigenvalue weighted by Crippen LogP contribution is -2.38. The van der Waals surface area contributed by atoms with Crippen LogP contribution in [-0.2, 0) is 11.8 Å². The highest BCUT2D eigenvalue weighted by Gasteiger charge is 2.26. The number of nitrogens with zero attached hydrogens (tertiary/aromatic N) is 2. The lowest BCUT2D eigenvalue weighted by Gasteiger charge is -2.31. The van der Waals surface area contributed by atoms with Gasteiger partial charge in [0.15, 0.2) is 0 Å². The Morgan fingerprint density at radius 1 is 0.929 bits per heavy atom. The van der Waals surface area contributed by atoms with E-state index >= 15 is 0 Å². The number of ether oxygens (including phenoxy) is 2. The summed E-state index contributed by atoms with van der Waals surface area (Å²) in [5.74, 6) is 2.27. The number of hydrogen-bond acceptors (Lipinski definition) is 6. The van der Waals surface area contributed by atoms with Gasteiger partial charge < -0.3 is 25.4 Å². The van der Waals surface area contributed by atoms with E-state index in [4.69, 9.17) is 9.47 Å². The summed E-state index contributed by atoms with van der Waals surface area (Å²) in [4.78, 5) is 21.5. The van der Waals surface area contributed by atoms with Gasteiger partial charge in [-0.05, 0) is 97.4 Å². The molecule has 218 valence electrons. The number of carbonyl (C=O) groups excluding carboxylic acids is 1. The number of anilines is 2. The van der Waals surface area contributed by atoms with Crippen LogP contribution in [0.25, 0.3) is 0 Å². The first kappa shape index (κ1) is 29.1. The van der Waals surface area contributed by atoms with Gasteiger partial charge in [-0.15, -0.1) is 0 Å². The van der Waals surface area contributed by atoms with Crippen LogP contribution in [0.5, 0.6) is 17.4 Å². The fourth-order valence-electron chi connectivity index (χ4n) is 5.19. The summed E-state index contributed by atoms with van der Waals surface area (Å²) in [6, 6.07) is 22.6. The van der Waals surface area contributed by atoms with Crippen LogP contribution in [0.1, 0.15) is 44.7 Å². The van der Waals surface area contributed by atoms with Crippen LogP contribution in [0, 0.1) is 5.92 Å². The molecule has 4 aromatic rings. The van der Waals surface area contributed by atoms with E-state index in [1.807, 2.05) is 73.1 Å². The minimum atomic E-state index is -0.393. The smallest absolute Gasteiger partial charge is 0.323 e. The molecule has 0 spiro atoms. The van der Waals surface area contributed by atoms with Crippen molar-refractivity contribution in [3.05, 3.63) is 103 Å². The summed E-state index contributed by atoms with van der Waals surface area (Å²) in [5, 5.41) is 9.21. The number of benzene rings is 2.